The average molecular weight is 594 g/mol. The molecule has 12 heteroatoms. The Morgan fingerprint density at radius 2 is 1.93 bits per heavy atom. The molecule has 214 valence electrons. The Morgan fingerprint density at radius 1 is 1.20 bits per heavy atom. The van der Waals surface area contributed by atoms with Crippen LogP contribution in [0.2, 0.25) is 0 Å². The van der Waals surface area contributed by atoms with Crippen LogP contribution in [0.5, 0.6) is 5.75 Å². The van der Waals surface area contributed by atoms with E-state index in [4.69, 9.17) is 4.74 Å². The Morgan fingerprint density at radius 3 is 2.58 bits per heavy atom. The number of sulfone groups is 1. The molecule has 0 unspecified atom stereocenters. The van der Waals surface area contributed by atoms with Crippen LogP contribution in [0, 0.1) is 11.8 Å². The summed E-state index contributed by atoms with van der Waals surface area (Å²) in [6.45, 7) is 1.80. The second-order valence-electron chi connectivity index (χ2n) is 9.79. The number of fused-ring (bicyclic) bond motifs is 1. The molecule has 0 saturated carbocycles. The van der Waals surface area contributed by atoms with Crippen molar-refractivity contribution in [3.05, 3.63) is 52.4 Å². The van der Waals surface area contributed by atoms with Crippen molar-refractivity contribution in [2.24, 2.45) is 0 Å². The molecule has 0 spiro atoms. The zero-order chi connectivity index (χ0) is 29.1. The molecule has 1 aliphatic rings. The van der Waals surface area contributed by atoms with Crippen molar-refractivity contribution in [2.75, 3.05) is 45.4 Å². The first-order valence-corrected chi connectivity index (χ1v) is 15.3. The van der Waals surface area contributed by atoms with Crippen molar-refractivity contribution < 1.29 is 31.1 Å². The van der Waals surface area contributed by atoms with Gasteiger partial charge in [0.2, 0.25) is 0 Å². The van der Waals surface area contributed by atoms with Gasteiger partial charge >= 0.3 is 6.18 Å². The summed E-state index contributed by atoms with van der Waals surface area (Å²) < 4.78 is 69.4. The standard InChI is InChI=1S/C28H30F3N3O4S2/c1-34-11-8-20(9-12-34)33-27(35)23-14-18(13-22-19(16-28(29,30)31)17-39-26(22)23)5-4-10-32-24-15-21(40(3,36)37)6-7-25(24)38-2/h6-7,13-15,17,20,32H,8-12,16H2,1-3H3,(H,33,35). The highest BCUT2D eigenvalue weighted by atomic mass is 32.2. The Bertz CT molecular complexity index is 1570. The summed E-state index contributed by atoms with van der Waals surface area (Å²) in [6.07, 6.45) is -2.80. The molecule has 0 atom stereocenters. The fourth-order valence-electron chi connectivity index (χ4n) is 4.54. The molecule has 1 amide bonds. The van der Waals surface area contributed by atoms with Gasteiger partial charge in [-0.1, -0.05) is 11.8 Å². The molecule has 40 heavy (non-hydrogen) atoms. The topological polar surface area (TPSA) is 87.7 Å². The number of hydrogen-bond donors (Lipinski definition) is 2. The van der Waals surface area contributed by atoms with Crippen LogP contribution in [0.1, 0.15) is 34.3 Å². The molecule has 1 aliphatic heterocycles. The lowest BCUT2D eigenvalue weighted by Gasteiger charge is -2.29. The third-order valence-electron chi connectivity index (χ3n) is 6.64. The molecule has 0 bridgehead atoms. The number of alkyl halides is 3. The number of rotatable bonds is 7. The quantitative estimate of drug-likeness (QED) is 0.386. The van der Waals surface area contributed by atoms with Crippen molar-refractivity contribution in [3.8, 4) is 17.6 Å². The molecule has 7 nitrogen and oxygen atoms in total. The molecular formula is C28H30F3N3O4S2. The van der Waals surface area contributed by atoms with E-state index in [-0.39, 0.29) is 29.0 Å². The summed E-state index contributed by atoms with van der Waals surface area (Å²) in [6, 6.07) is 7.61. The highest BCUT2D eigenvalue weighted by Gasteiger charge is 2.30. The molecule has 2 heterocycles. The van der Waals surface area contributed by atoms with Gasteiger partial charge in [-0.2, -0.15) is 13.2 Å². The van der Waals surface area contributed by atoms with Crippen LogP contribution in [0.4, 0.5) is 18.9 Å². The highest BCUT2D eigenvalue weighted by Crippen LogP contribution is 2.34. The van der Waals surface area contributed by atoms with Gasteiger partial charge in [0.15, 0.2) is 9.84 Å². The van der Waals surface area contributed by atoms with Gasteiger partial charge in [0, 0.05) is 22.6 Å². The molecule has 1 fully saturated rings. The third-order valence-corrected chi connectivity index (χ3v) is 8.83. The highest BCUT2D eigenvalue weighted by molar-refractivity contribution is 7.90. The Kier molecular flexibility index (Phi) is 8.97. The summed E-state index contributed by atoms with van der Waals surface area (Å²) in [4.78, 5) is 15.6. The third kappa shape index (κ3) is 7.47. The number of hydrogen-bond acceptors (Lipinski definition) is 7. The molecule has 0 radical (unpaired) electrons. The van der Waals surface area contributed by atoms with E-state index in [1.165, 1.54) is 30.7 Å². The molecule has 0 aliphatic carbocycles. The van der Waals surface area contributed by atoms with Crippen LogP contribution in [0.3, 0.4) is 0 Å². The molecule has 1 aromatic heterocycles. The van der Waals surface area contributed by atoms with Crippen molar-refractivity contribution in [1.82, 2.24) is 10.2 Å². The van der Waals surface area contributed by atoms with Crippen molar-refractivity contribution >= 4 is 42.9 Å². The Labute approximate surface area is 235 Å². The van der Waals surface area contributed by atoms with Crippen LogP contribution in [0.15, 0.2) is 40.6 Å². The summed E-state index contributed by atoms with van der Waals surface area (Å²) >= 11 is 1.12. The summed E-state index contributed by atoms with van der Waals surface area (Å²) in [7, 11) is 0.0423. The minimum Gasteiger partial charge on any atom is -0.495 e. The zero-order valence-corrected chi connectivity index (χ0v) is 23.9. The van der Waals surface area contributed by atoms with E-state index in [1.807, 2.05) is 7.05 Å². The van der Waals surface area contributed by atoms with Crippen LogP contribution >= 0.6 is 11.3 Å². The maximum Gasteiger partial charge on any atom is 0.393 e. The number of ether oxygens (including phenoxy) is 1. The molecular weight excluding hydrogens is 563 g/mol. The normalized spacial score (nSPS) is 14.9. The second-order valence-corrected chi connectivity index (χ2v) is 12.7. The largest absolute Gasteiger partial charge is 0.495 e. The van der Waals surface area contributed by atoms with Crippen molar-refractivity contribution in [3.63, 3.8) is 0 Å². The van der Waals surface area contributed by atoms with E-state index < -0.39 is 22.4 Å². The molecule has 2 aromatic carbocycles. The molecule has 2 N–H and O–H groups in total. The maximum absolute atomic E-state index is 13.3. The van der Waals surface area contributed by atoms with E-state index in [1.54, 1.807) is 12.1 Å². The number of methoxy groups -OCH3 is 1. The minimum absolute atomic E-state index is 0.00928. The Balaban J connectivity index is 1.62. The minimum atomic E-state index is -4.39. The van der Waals surface area contributed by atoms with Crippen molar-refractivity contribution in [1.29, 1.82) is 0 Å². The maximum atomic E-state index is 13.3. The second kappa shape index (κ2) is 12.1. The number of amides is 1. The van der Waals surface area contributed by atoms with E-state index in [0.717, 1.165) is 43.5 Å². The predicted molar refractivity (Wildman–Crippen MR) is 151 cm³/mol. The Hall–Kier alpha value is -3.27. The van der Waals surface area contributed by atoms with Gasteiger partial charge in [-0.25, -0.2) is 8.42 Å². The fourth-order valence-corrected chi connectivity index (χ4v) is 6.25. The first-order chi connectivity index (χ1) is 18.8. The summed E-state index contributed by atoms with van der Waals surface area (Å²) in [5.41, 5.74) is 1.24. The number of thiophene rings is 1. The fraction of sp³-hybridized carbons (Fsp3) is 0.393. The number of likely N-dealkylation sites (tertiary alicyclic amines) is 1. The lowest BCUT2D eigenvalue weighted by molar-refractivity contribution is -0.126. The van der Waals surface area contributed by atoms with Gasteiger partial charge in [0.05, 0.1) is 36.2 Å². The van der Waals surface area contributed by atoms with Crippen LogP contribution < -0.4 is 15.4 Å². The summed E-state index contributed by atoms with van der Waals surface area (Å²) in [5.74, 6) is 5.95. The number of benzene rings is 2. The lowest BCUT2D eigenvalue weighted by Crippen LogP contribution is -2.43. The lowest BCUT2D eigenvalue weighted by atomic mass is 10.0. The van der Waals surface area contributed by atoms with Gasteiger partial charge < -0.3 is 20.3 Å². The smallest absolute Gasteiger partial charge is 0.393 e. The summed E-state index contributed by atoms with van der Waals surface area (Å²) in [5, 5.41) is 7.88. The zero-order valence-electron chi connectivity index (χ0n) is 22.3. The molecule has 4 rings (SSSR count). The van der Waals surface area contributed by atoms with Crippen LogP contribution in [-0.2, 0) is 16.3 Å². The monoisotopic (exact) mass is 593 g/mol. The first kappa shape index (κ1) is 29.7. The average Bonchev–Trinajstić information content (AvgIpc) is 3.27. The van der Waals surface area contributed by atoms with Gasteiger partial charge in [-0.15, -0.1) is 11.3 Å². The molecule has 1 saturated heterocycles. The number of piperidine rings is 1. The van der Waals surface area contributed by atoms with E-state index in [0.29, 0.717) is 32.6 Å². The number of carbonyl (C=O) groups is 1. The van der Waals surface area contributed by atoms with E-state index in [2.05, 4.69) is 27.4 Å². The van der Waals surface area contributed by atoms with Crippen molar-refractivity contribution in [2.45, 2.75) is 36.4 Å². The number of carbonyl (C=O) groups excluding carboxylic acids is 1. The number of nitrogens with zero attached hydrogens (tertiary/aromatic N) is 1. The van der Waals surface area contributed by atoms with E-state index in [9.17, 15) is 26.4 Å². The number of anilines is 1. The SMILES string of the molecule is COc1ccc(S(C)(=O)=O)cc1NCC#Cc1cc(C(=O)NC2CCN(C)CC2)c2scc(CC(F)(F)F)c2c1. The van der Waals surface area contributed by atoms with Gasteiger partial charge in [0.25, 0.3) is 5.91 Å². The number of halogens is 3. The number of nitrogens with one attached hydrogen (secondary N) is 2. The van der Waals surface area contributed by atoms with Gasteiger partial charge in [-0.05, 0) is 79.6 Å². The van der Waals surface area contributed by atoms with Crippen LogP contribution in [-0.4, -0.2) is 71.5 Å². The van der Waals surface area contributed by atoms with E-state index >= 15 is 0 Å². The first-order valence-electron chi connectivity index (χ1n) is 12.5. The van der Waals surface area contributed by atoms with Gasteiger partial charge in [-0.3, -0.25) is 4.79 Å². The predicted octanol–water partition coefficient (Wildman–Crippen LogP) is 4.71. The van der Waals surface area contributed by atoms with Crippen LogP contribution in [0.25, 0.3) is 10.1 Å². The molecule has 3 aromatic rings. The van der Waals surface area contributed by atoms with Gasteiger partial charge in [0.1, 0.15) is 5.75 Å².